The van der Waals surface area contributed by atoms with Crippen molar-refractivity contribution in [2.24, 2.45) is 0 Å². The van der Waals surface area contributed by atoms with E-state index >= 15 is 0 Å². The van der Waals surface area contributed by atoms with Crippen molar-refractivity contribution in [1.82, 2.24) is 0 Å². The maximum Gasteiger partial charge on any atom is 0.306 e. The Morgan fingerprint density at radius 1 is 1.14 bits per heavy atom. The van der Waals surface area contributed by atoms with Gasteiger partial charge >= 0.3 is 5.97 Å². The minimum Gasteiger partial charge on any atom is -0.456 e. The molecule has 29 heavy (non-hydrogen) atoms. The standard InChI is InChI=1S/C22H46O5Si2/c1-10-29(11-2,12-3)27-20(18(4)26-28(8,9)21(5,6)7)22(15-13-17-23)16-14-19(24)25-22/h18,20,23H,10-17H2,1-9H3/t18-,20-,22-/m0/s1. The van der Waals surface area contributed by atoms with Gasteiger partial charge in [-0.2, -0.15) is 0 Å². The fourth-order valence-corrected chi connectivity index (χ4v) is 8.49. The summed E-state index contributed by atoms with van der Waals surface area (Å²) in [5, 5.41) is 9.58. The highest BCUT2D eigenvalue weighted by atomic mass is 28.4. The van der Waals surface area contributed by atoms with E-state index in [-0.39, 0.29) is 29.8 Å². The number of carbonyl (C=O) groups excluding carboxylic acids is 1. The summed E-state index contributed by atoms with van der Waals surface area (Å²) < 4.78 is 19.8. The van der Waals surface area contributed by atoms with Crippen LogP contribution in [-0.4, -0.2) is 52.1 Å². The second-order valence-electron chi connectivity index (χ2n) is 10.2. The Labute approximate surface area is 181 Å². The smallest absolute Gasteiger partial charge is 0.306 e. The predicted octanol–water partition coefficient (Wildman–Crippen LogP) is 5.64. The lowest BCUT2D eigenvalue weighted by Crippen LogP contribution is -2.58. The van der Waals surface area contributed by atoms with Gasteiger partial charge in [0.05, 0.1) is 6.10 Å². The van der Waals surface area contributed by atoms with Crippen LogP contribution in [0.15, 0.2) is 0 Å². The minimum absolute atomic E-state index is 0.0847. The number of hydrogen-bond donors (Lipinski definition) is 1. The van der Waals surface area contributed by atoms with Gasteiger partial charge in [0.25, 0.3) is 0 Å². The molecule has 0 aromatic carbocycles. The molecular formula is C22H46O5Si2. The average Bonchev–Trinajstić information content (AvgIpc) is 3.02. The van der Waals surface area contributed by atoms with Crippen LogP contribution >= 0.6 is 0 Å². The van der Waals surface area contributed by atoms with Crippen LogP contribution in [0.1, 0.15) is 74.1 Å². The molecule has 1 aliphatic heterocycles. The maximum atomic E-state index is 12.2. The van der Waals surface area contributed by atoms with Gasteiger partial charge in [-0.15, -0.1) is 0 Å². The monoisotopic (exact) mass is 446 g/mol. The number of rotatable bonds is 12. The summed E-state index contributed by atoms with van der Waals surface area (Å²) in [6, 6.07) is 3.11. The molecule has 1 rings (SSSR count). The Morgan fingerprint density at radius 3 is 2.07 bits per heavy atom. The van der Waals surface area contributed by atoms with Crippen LogP contribution in [-0.2, 0) is 18.4 Å². The molecule has 0 aliphatic carbocycles. The zero-order valence-electron chi connectivity index (χ0n) is 20.4. The van der Waals surface area contributed by atoms with Crippen molar-refractivity contribution >= 4 is 22.6 Å². The summed E-state index contributed by atoms with van der Waals surface area (Å²) in [6.07, 6.45) is 1.81. The second kappa shape index (κ2) is 10.4. The number of cyclic esters (lactones) is 1. The number of carbonyl (C=O) groups is 1. The molecule has 0 unspecified atom stereocenters. The van der Waals surface area contributed by atoms with E-state index in [4.69, 9.17) is 13.6 Å². The van der Waals surface area contributed by atoms with Crippen LogP contribution in [0.4, 0.5) is 0 Å². The molecule has 172 valence electrons. The second-order valence-corrected chi connectivity index (χ2v) is 19.7. The van der Waals surface area contributed by atoms with Gasteiger partial charge in [0, 0.05) is 19.4 Å². The Bertz CT molecular complexity index is 520. The Kier molecular flexibility index (Phi) is 9.61. The average molecular weight is 447 g/mol. The van der Waals surface area contributed by atoms with Crippen molar-refractivity contribution in [3.63, 3.8) is 0 Å². The lowest BCUT2D eigenvalue weighted by Gasteiger charge is -2.47. The van der Waals surface area contributed by atoms with Crippen LogP contribution < -0.4 is 0 Å². The third-order valence-corrected chi connectivity index (χ3v) is 16.6. The quantitative estimate of drug-likeness (QED) is 0.311. The topological polar surface area (TPSA) is 65.0 Å². The number of esters is 1. The Hall–Kier alpha value is -0.216. The minimum atomic E-state index is -2.02. The summed E-state index contributed by atoms with van der Waals surface area (Å²) in [5.41, 5.74) is -0.695. The fourth-order valence-electron chi connectivity index (χ4n) is 4.14. The van der Waals surface area contributed by atoms with Gasteiger partial charge in [0.2, 0.25) is 0 Å². The molecule has 7 heteroatoms. The summed E-state index contributed by atoms with van der Waals surface area (Å²) in [7, 11) is -3.98. The van der Waals surface area contributed by atoms with Crippen LogP contribution in [0, 0.1) is 0 Å². The lowest BCUT2D eigenvalue weighted by atomic mass is 9.86. The van der Waals surface area contributed by atoms with E-state index in [0.717, 1.165) is 18.1 Å². The molecule has 5 nitrogen and oxygen atoms in total. The van der Waals surface area contributed by atoms with E-state index in [0.29, 0.717) is 25.7 Å². The first kappa shape index (κ1) is 26.8. The molecule has 1 N–H and O–H groups in total. The van der Waals surface area contributed by atoms with Crippen molar-refractivity contribution in [1.29, 1.82) is 0 Å². The van der Waals surface area contributed by atoms with E-state index in [1.165, 1.54) is 0 Å². The first-order valence-corrected chi connectivity index (χ1v) is 16.9. The van der Waals surface area contributed by atoms with E-state index in [1.807, 2.05) is 0 Å². The van der Waals surface area contributed by atoms with Crippen LogP contribution in [0.2, 0.25) is 36.3 Å². The van der Waals surface area contributed by atoms with E-state index < -0.39 is 22.2 Å². The molecule has 1 fully saturated rings. The molecule has 3 atom stereocenters. The van der Waals surface area contributed by atoms with Crippen molar-refractivity contribution < 1.29 is 23.5 Å². The number of aliphatic hydroxyl groups excluding tert-OH is 1. The van der Waals surface area contributed by atoms with Crippen molar-refractivity contribution in [2.75, 3.05) is 6.61 Å². The van der Waals surface area contributed by atoms with Gasteiger partial charge in [0.15, 0.2) is 16.6 Å². The number of aliphatic hydroxyl groups is 1. The van der Waals surface area contributed by atoms with Crippen LogP contribution in [0.5, 0.6) is 0 Å². The van der Waals surface area contributed by atoms with Gasteiger partial charge in [0.1, 0.15) is 11.7 Å². The largest absolute Gasteiger partial charge is 0.456 e. The molecule has 0 bridgehead atoms. The molecule has 1 heterocycles. The molecule has 0 radical (unpaired) electrons. The molecule has 0 spiro atoms. The maximum absolute atomic E-state index is 12.2. The zero-order valence-corrected chi connectivity index (χ0v) is 22.4. The zero-order chi connectivity index (χ0) is 22.5. The van der Waals surface area contributed by atoms with Gasteiger partial charge < -0.3 is 18.7 Å². The van der Waals surface area contributed by atoms with E-state index in [1.54, 1.807) is 0 Å². The summed E-state index contributed by atoms with van der Waals surface area (Å²) in [4.78, 5) is 12.2. The highest BCUT2D eigenvalue weighted by Gasteiger charge is 2.53. The normalized spacial score (nSPS) is 23.2. The highest BCUT2D eigenvalue weighted by molar-refractivity contribution is 6.74. The third-order valence-electron chi connectivity index (χ3n) is 7.37. The van der Waals surface area contributed by atoms with Crippen molar-refractivity contribution in [3.8, 4) is 0 Å². The van der Waals surface area contributed by atoms with E-state index in [2.05, 4.69) is 61.6 Å². The van der Waals surface area contributed by atoms with E-state index in [9.17, 15) is 9.90 Å². The summed E-state index contributed by atoms with van der Waals surface area (Å²) in [6.45, 7) is 20.1. The predicted molar refractivity (Wildman–Crippen MR) is 124 cm³/mol. The summed E-state index contributed by atoms with van der Waals surface area (Å²) >= 11 is 0. The first-order chi connectivity index (χ1) is 13.3. The molecule has 1 aliphatic rings. The molecule has 0 saturated carbocycles. The van der Waals surface area contributed by atoms with Gasteiger partial charge in [-0.3, -0.25) is 4.79 Å². The third kappa shape index (κ3) is 6.39. The fraction of sp³-hybridized carbons (Fsp3) is 0.955. The summed E-state index contributed by atoms with van der Waals surface area (Å²) in [5.74, 6) is -0.159. The molecule has 1 saturated heterocycles. The molecule has 0 aromatic rings. The highest BCUT2D eigenvalue weighted by Crippen LogP contribution is 2.43. The SMILES string of the molecule is CC[Si](CC)(CC)O[C@@H]([C@H](C)O[Si](C)(C)C(C)(C)C)[C@]1(CCCO)CCC(=O)O1. The first-order valence-electron chi connectivity index (χ1n) is 11.5. The van der Waals surface area contributed by atoms with Gasteiger partial charge in [-0.1, -0.05) is 41.5 Å². The lowest BCUT2D eigenvalue weighted by molar-refractivity contribution is -0.165. The Morgan fingerprint density at radius 2 is 1.69 bits per heavy atom. The van der Waals surface area contributed by atoms with Crippen molar-refractivity contribution in [3.05, 3.63) is 0 Å². The molecule has 0 amide bonds. The molecular weight excluding hydrogens is 400 g/mol. The number of hydrogen-bond acceptors (Lipinski definition) is 5. The van der Waals surface area contributed by atoms with Crippen LogP contribution in [0.25, 0.3) is 0 Å². The number of ether oxygens (including phenoxy) is 1. The van der Waals surface area contributed by atoms with Gasteiger partial charge in [-0.05, 0) is 56.0 Å². The van der Waals surface area contributed by atoms with Gasteiger partial charge in [-0.25, -0.2) is 0 Å². The Balaban J connectivity index is 3.34. The molecule has 0 aromatic heterocycles. The van der Waals surface area contributed by atoms with Crippen molar-refractivity contribution in [2.45, 2.75) is 128 Å². The van der Waals surface area contributed by atoms with Crippen LogP contribution in [0.3, 0.4) is 0 Å².